The lowest BCUT2D eigenvalue weighted by molar-refractivity contribution is -0.154. The van der Waals surface area contributed by atoms with Gasteiger partial charge in [0.05, 0.1) is 12.7 Å². The van der Waals surface area contributed by atoms with Crippen LogP contribution in [0.4, 0.5) is 0 Å². The van der Waals surface area contributed by atoms with E-state index in [2.05, 4.69) is 24.3 Å². The molecule has 0 saturated heterocycles. The Hall–Kier alpha value is -1.06. The minimum atomic E-state index is -0.183. The molecule has 0 aromatic heterocycles. The van der Waals surface area contributed by atoms with E-state index in [0.29, 0.717) is 18.6 Å². The normalized spacial score (nSPS) is 33.6. The van der Waals surface area contributed by atoms with E-state index in [1.165, 1.54) is 38.5 Å². The van der Waals surface area contributed by atoms with E-state index in [0.717, 1.165) is 23.5 Å². The summed E-state index contributed by atoms with van der Waals surface area (Å²) in [4.78, 5) is 0. The highest BCUT2D eigenvalue weighted by molar-refractivity contribution is 5.34. The van der Waals surface area contributed by atoms with Gasteiger partial charge in [0.25, 0.3) is 0 Å². The molecule has 1 unspecified atom stereocenters. The van der Waals surface area contributed by atoms with Crippen molar-refractivity contribution in [3.8, 4) is 5.75 Å². The zero-order chi connectivity index (χ0) is 18.1. The van der Waals surface area contributed by atoms with Gasteiger partial charge in [-0.15, -0.1) is 0 Å². The summed E-state index contributed by atoms with van der Waals surface area (Å²) in [5, 5.41) is 0. The maximum Gasteiger partial charge on any atom is 0.155 e. The third-order valence-corrected chi connectivity index (χ3v) is 6.67. The second-order valence-corrected chi connectivity index (χ2v) is 9.19. The van der Waals surface area contributed by atoms with E-state index in [4.69, 9.17) is 14.2 Å². The van der Waals surface area contributed by atoms with Gasteiger partial charge in [-0.05, 0) is 100 Å². The van der Waals surface area contributed by atoms with Gasteiger partial charge in [-0.3, -0.25) is 0 Å². The average molecular weight is 359 g/mol. The van der Waals surface area contributed by atoms with Crippen LogP contribution in [0.1, 0.15) is 64.9 Å². The summed E-state index contributed by atoms with van der Waals surface area (Å²) in [6.07, 6.45) is 8.75. The van der Waals surface area contributed by atoms with Gasteiger partial charge < -0.3 is 14.2 Å². The third-order valence-electron chi connectivity index (χ3n) is 6.67. The standard InChI is InChI=1S/C23H34O3/c1-16(2)26-17(3)24-8-9-25-22-6-4-21(5-7-22)23-13-18-10-19(14-23)12-20(11-18)15-23/h4-7,16-20H,8-15H2,1-3H3. The van der Waals surface area contributed by atoms with Crippen LogP contribution in [0.5, 0.6) is 5.75 Å². The lowest BCUT2D eigenvalue weighted by atomic mass is 9.48. The Bertz CT molecular complexity index is 557. The molecule has 0 radical (unpaired) electrons. The number of rotatable bonds is 8. The molecule has 1 aromatic rings. The third kappa shape index (κ3) is 3.94. The smallest absolute Gasteiger partial charge is 0.155 e. The number of hydrogen-bond acceptors (Lipinski definition) is 3. The number of hydrogen-bond donors (Lipinski definition) is 0. The van der Waals surface area contributed by atoms with E-state index in [9.17, 15) is 0 Å². The van der Waals surface area contributed by atoms with Gasteiger partial charge in [0.15, 0.2) is 6.29 Å². The highest BCUT2D eigenvalue weighted by Gasteiger charge is 2.51. The van der Waals surface area contributed by atoms with Crippen molar-refractivity contribution in [1.29, 1.82) is 0 Å². The van der Waals surface area contributed by atoms with E-state index >= 15 is 0 Å². The van der Waals surface area contributed by atoms with Crippen LogP contribution in [0.15, 0.2) is 24.3 Å². The molecule has 4 aliphatic carbocycles. The molecule has 3 heteroatoms. The molecule has 0 amide bonds. The van der Waals surface area contributed by atoms with Crippen LogP contribution in [0.3, 0.4) is 0 Å². The molecule has 4 saturated carbocycles. The summed E-state index contributed by atoms with van der Waals surface area (Å²) in [5.41, 5.74) is 2.03. The van der Waals surface area contributed by atoms with Gasteiger partial charge in [-0.2, -0.15) is 0 Å². The first-order chi connectivity index (χ1) is 12.5. The van der Waals surface area contributed by atoms with Crippen molar-refractivity contribution in [1.82, 2.24) is 0 Å². The minimum absolute atomic E-state index is 0.183. The van der Waals surface area contributed by atoms with Crippen LogP contribution in [0.25, 0.3) is 0 Å². The average Bonchev–Trinajstić information content (AvgIpc) is 2.57. The molecule has 0 N–H and O–H groups in total. The van der Waals surface area contributed by atoms with Crippen molar-refractivity contribution in [2.24, 2.45) is 17.8 Å². The molecule has 0 aliphatic heterocycles. The van der Waals surface area contributed by atoms with E-state index in [1.807, 2.05) is 20.8 Å². The Kier molecular flexibility index (Phi) is 5.29. The zero-order valence-corrected chi connectivity index (χ0v) is 16.6. The largest absolute Gasteiger partial charge is 0.491 e. The van der Waals surface area contributed by atoms with Gasteiger partial charge in [0.2, 0.25) is 0 Å². The minimum Gasteiger partial charge on any atom is -0.491 e. The molecule has 26 heavy (non-hydrogen) atoms. The highest BCUT2D eigenvalue weighted by atomic mass is 16.7. The molecule has 0 heterocycles. The van der Waals surface area contributed by atoms with Gasteiger partial charge >= 0.3 is 0 Å². The SMILES string of the molecule is CC(C)OC(C)OCCOc1ccc(C23CC4CC(CC(C4)C2)C3)cc1. The highest BCUT2D eigenvalue weighted by Crippen LogP contribution is 2.60. The zero-order valence-electron chi connectivity index (χ0n) is 16.6. The van der Waals surface area contributed by atoms with Crippen LogP contribution in [0.2, 0.25) is 0 Å². The summed E-state index contributed by atoms with van der Waals surface area (Å²) in [7, 11) is 0. The Morgan fingerprint density at radius 1 is 0.885 bits per heavy atom. The predicted octanol–water partition coefficient (Wildman–Crippen LogP) is 5.32. The fourth-order valence-electron chi connectivity index (χ4n) is 6.17. The fraction of sp³-hybridized carbons (Fsp3) is 0.739. The molecule has 0 spiro atoms. The van der Waals surface area contributed by atoms with Crippen LogP contribution >= 0.6 is 0 Å². The van der Waals surface area contributed by atoms with Gasteiger partial charge in [0.1, 0.15) is 12.4 Å². The van der Waals surface area contributed by atoms with E-state index in [-0.39, 0.29) is 12.4 Å². The molecule has 5 rings (SSSR count). The molecule has 144 valence electrons. The maximum absolute atomic E-state index is 5.85. The summed E-state index contributed by atoms with van der Waals surface area (Å²) in [6, 6.07) is 8.96. The van der Waals surface area contributed by atoms with Crippen molar-refractivity contribution in [2.75, 3.05) is 13.2 Å². The molecule has 4 aliphatic rings. The topological polar surface area (TPSA) is 27.7 Å². The summed E-state index contributed by atoms with van der Waals surface area (Å²) in [6.45, 7) is 7.07. The fourth-order valence-corrected chi connectivity index (χ4v) is 6.17. The first-order valence-electron chi connectivity index (χ1n) is 10.5. The lowest BCUT2D eigenvalue weighted by Gasteiger charge is -2.57. The van der Waals surface area contributed by atoms with E-state index < -0.39 is 0 Å². The summed E-state index contributed by atoms with van der Waals surface area (Å²) >= 11 is 0. The Morgan fingerprint density at radius 3 is 2.00 bits per heavy atom. The Labute approximate surface area is 158 Å². The Morgan fingerprint density at radius 2 is 1.46 bits per heavy atom. The van der Waals surface area contributed by atoms with Crippen LogP contribution in [-0.4, -0.2) is 25.6 Å². The van der Waals surface area contributed by atoms with Gasteiger partial charge in [-0.1, -0.05) is 12.1 Å². The summed E-state index contributed by atoms with van der Waals surface area (Å²) in [5.74, 6) is 3.91. The van der Waals surface area contributed by atoms with Crippen molar-refractivity contribution in [3.05, 3.63) is 29.8 Å². The van der Waals surface area contributed by atoms with Crippen LogP contribution in [0, 0.1) is 17.8 Å². The molecule has 1 aromatic carbocycles. The van der Waals surface area contributed by atoms with Gasteiger partial charge in [0, 0.05) is 0 Å². The van der Waals surface area contributed by atoms with Crippen molar-refractivity contribution < 1.29 is 14.2 Å². The first kappa shape index (κ1) is 18.3. The van der Waals surface area contributed by atoms with Gasteiger partial charge in [-0.25, -0.2) is 0 Å². The number of ether oxygens (including phenoxy) is 3. The predicted molar refractivity (Wildman–Crippen MR) is 103 cm³/mol. The molecule has 3 nitrogen and oxygen atoms in total. The molecule has 1 atom stereocenters. The van der Waals surface area contributed by atoms with E-state index in [1.54, 1.807) is 5.56 Å². The summed E-state index contributed by atoms with van der Waals surface area (Å²) < 4.78 is 17.0. The monoisotopic (exact) mass is 358 g/mol. The van der Waals surface area contributed by atoms with Crippen LogP contribution in [-0.2, 0) is 14.9 Å². The van der Waals surface area contributed by atoms with Crippen molar-refractivity contribution >= 4 is 0 Å². The van der Waals surface area contributed by atoms with Crippen molar-refractivity contribution in [3.63, 3.8) is 0 Å². The quantitative estimate of drug-likeness (QED) is 0.465. The van der Waals surface area contributed by atoms with Crippen molar-refractivity contribution in [2.45, 2.75) is 77.1 Å². The molecular formula is C23H34O3. The maximum atomic E-state index is 5.85. The molecule has 4 fully saturated rings. The second kappa shape index (κ2) is 7.52. The van der Waals surface area contributed by atoms with Crippen LogP contribution < -0.4 is 4.74 Å². The second-order valence-electron chi connectivity index (χ2n) is 9.19. The first-order valence-corrected chi connectivity index (χ1v) is 10.5. The molecule has 4 bridgehead atoms. The molecular weight excluding hydrogens is 324 g/mol. The number of benzene rings is 1. The Balaban J connectivity index is 1.29. The lowest BCUT2D eigenvalue weighted by Crippen LogP contribution is -2.48.